The summed E-state index contributed by atoms with van der Waals surface area (Å²) in [7, 11) is -3.35. The molecule has 0 aliphatic rings. The molecule has 0 fully saturated rings. The lowest BCUT2D eigenvalue weighted by molar-refractivity contribution is -0.192. The Morgan fingerprint density at radius 2 is 1.61 bits per heavy atom. The van der Waals surface area contributed by atoms with Gasteiger partial charge in [-0.2, -0.15) is 31.3 Å². The minimum atomic E-state index is -5.08. The molecule has 2 heterocycles. The molecule has 44 heavy (non-hydrogen) atoms. The van der Waals surface area contributed by atoms with Gasteiger partial charge in [0.2, 0.25) is 16.0 Å². The first kappa shape index (κ1) is 36.2. The van der Waals surface area contributed by atoms with Crippen LogP contribution in [0.4, 0.5) is 49.6 Å². The van der Waals surface area contributed by atoms with Crippen LogP contribution in [0.15, 0.2) is 48.8 Å². The summed E-state index contributed by atoms with van der Waals surface area (Å²) in [5.41, 5.74) is -0.387. The maximum Gasteiger partial charge on any atom is 0.490 e. The van der Waals surface area contributed by atoms with Crippen LogP contribution in [0.5, 0.6) is 0 Å². The van der Waals surface area contributed by atoms with E-state index in [-0.39, 0.29) is 23.6 Å². The predicted molar refractivity (Wildman–Crippen MR) is 147 cm³/mol. The maximum absolute atomic E-state index is 13.6. The van der Waals surface area contributed by atoms with Crippen LogP contribution < -0.4 is 20.2 Å². The molecule has 3 N–H and O–H groups in total. The standard InChI is InChI=1S/C21H24F3N6O5PS.C2HF3O2/c1-30(37(4,32)33)19-14(6-5-11-25-19)12-26-18-17(21(22,23)24)13-27-20(29-18)28-15-7-9-16(10-8-15)36(31,34-2)35-3;3-2(4,5)1(6)7/h5-11,13H,12H2,1-4H3,(H2,26,27,28,29);(H,6,7). The summed E-state index contributed by atoms with van der Waals surface area (Å²) in [5.74, 6) is -3.37. The van der Waals surface area contributed by atoms with E-state index in [1.165, 1.54) is 63.9 Å². The van der Waals surface area contributed by atoms with Crippen LogP contribution in [-0.4, -0.2) is 68.1 Å². The van der Waals surface area contributed by atoms with Gasteiger partial charge in [0.25, 0.3) is 0 Å². The van der Waals surface area contributed by atoms with Gasteiger partial charge in [0.05, 0.1) is 11.6 Å². The van der Waals surface area contributed by atoms with Gasteiger partial charge in [-0.15, -0.1) is 0 Å². The van der Waals surface area contributed by atoms with E-state index in [4.69, 9.17) is 18.9 Å². The predicted octanol–water partition coefficient (Wildman–Crippen LogP) is 4.39. The van der Waals surface area contributed by atoms with Crippen molar-refractivity contribution in [1.82, 2.24) is 15.0 Å². The van der Waals surface area contributed by atoms with Crippen molar-refractivity contribution in [3.05, 3.63) is 59.9 Å². The molecule has 0 amide bonds. The second-order valence-electron chi connectivity index (χ2n) is 8.36. The number of carboxylic acid groups (broad SMARTS) is 1. The van der Waals surface area contributed by atoms with Crippen LogP contribution in [0.1, 0.15) is 11.1 Å². The number of hydrogen-bond donors (Lipinski definition) is 3. The molecular formula is C23H25F6N6O7PS. The fraction of sp³-hybridized carbons (Fsp3) is 0.304. The van der Waals surface area contributed by atoms with E-state index in [1.807, 2.05) is 0 Å². The molecule has 0 spiro atoms. The topological polar surface area (TPSA) is 173 Å². The number of carboxylic acids is 1. The van der Waals surface area contributed by atoms with Crippen molar-refractivity contribution in [1.29, 1.82) is 0 Å². The highest BCUT2D eigenvalue weighted by Crippen LogP contribution is 2.45. The number of halogens is 6. The van der Waals surface area contributed by atoms with Crippen molar-refractivity contribution in [3.63, 3.8) is 0 Å². The van der Waals surface area contributed by atoms with Gasteiger partial charge in [0, 0.05) is 51.5 Å². The molecule has 0 radical (unpaired) electrons. The number of rotatable bonds is 10. The monoisotopic (exact) mass is 674 g/mol. The molecule has 3 aromatic rings. The number of pyridine rings is 1. The number of benzene rings is 1. The van der Waals surface area contributed by atoms with E-state index < -0.39 is 47.3 Å². The molecule has 2 aromatic heterocycles. The quantitative estimate of drug-likeness (QED) is 0.205. The normalized spacial score (nSPS) is 12.1. The SMILES string of the molecule is COP(=O)(OC)c1ccc(Nc2ncc(C(F)(F)F)c(NCc3cccnc3N(C)S(C)(=O)=O)n2)cc1.O=C(O)C(F)(F)F. The second kappa shape index (κ2) is 14.2. The molecule has 3 rings (SSSR count). The Bertz CT molecular complexity index is 1600. The Labute approximate surface area is 246 Å². The molecule has 242 valence electrons. The fourth-order valence-electron chi connectivity index (χ4n) is 3.11. The Morgan fingerprint density at radius 3 is 2.09 bits per heavy atom. The molecule has 0 aliphatic heterocycles. The number of aliphatic carboxylic acids is 1. The Kier molecular flexibility index (Phi) is 11.7. The Morgan fingerprint density at radius 1 is 1.05 bits per heavy atom. The number of nitrogens with zero attached hydrogens (tertiary/aromatic N) is 4. The van der Waals surface area contributed by atoms with Crippen molar-refractivity contribution in [2.75, 3.05) is 42.5 Å². The third-order valence-electron chi connectivity index (χ3n) is 5.37. The lowest BCUT2D eigenvalue weighted by atomic mass is 10.2. The van der Waals surface area contributed by atoms with Gasteiger partial charge in [-0.25, -0.2) is 23.2 Å². The molecule has 0 unspecified atom stereocenters. The van der Waals surface area contributed by atoms with Crippen molar-refractivity contribution in [3.8, 4) is 0 Å². The largest absolute Gasteiger partial charge is 0.490 e. The van der Waals surface area contributed by atoms with E-state index in [1.54, 1.807) is 0 Å². The van der Waals surface area contributed by atoms with E-state index in [2.05, 4.69) is 25.6 Å². The van der Waals surface area contributed by atoms with Gasteiger partial charge in [-0.05, 0) is 30.3 Å². The first-order valence-corrected chi connectivity index (χ1v) is 15.1. The first-order valence-electron chi connectivity index (χ1n) is 11.7. The van der Waals surface area contributed by atoms with Gasteiger partial charge in [0.15, 0.2) is 0 Å². The third kappa shape index (κ3) is 9.76. The summed E-state index contributed by atoms with van der Waals surface area (Å²) >= 11 is 0. The summed E-state index contributed by atoms with van der Waals surface area (Å²) < 4.78 is 120. The third-order valence-corrected chi connectivity index (χ3v) is 8.43. The van der Waals surface area contributed by atoms with E-state index in [0.717, 1.165) is 10.6 Å². The molecule has 0 aliphatic carbocycles. The smallest absolute Gasteiger partial charge is 0.475 e. The maximum atomic E-state index is 13.6. The molecule has 13 nitrogen and oxygen atoms in total. The van der Waals surface area contributed by atoms with Crippen molar-refractivity contribution in [2.24, 2.45) is 0 Å². The molecular weight excluding hydrogens is 649 g/mol. The summed E-state index contributed by atoms with van der Waals surface area (Å²) in [6.45, 7) is -0.208. The van der Waals surface area contributed by atoms with Gasteiger partial charge >= 0.3 is 25.9 Å². The van der Waals surface area contributed by atoms with E-state index in [0.29, 0.717) is 17.4 Å². The highest BCUT2D eigenvalue weighted by atomic mass is 32.2. The van der Waals surface area contributed by atoms with Gasteiger partial charge in [-0.3, -0.25) is 8.87 Å². The zero-order valence-corrected chi connectivity index (χ0v) is 24.8. The van der Waals surface area contributed by atoms with Crippen molar-refractivity contribution in [2.45, 2.75) is 18.9 Å². The fourth-order valence-corrected chi connectivity index (χ4v) is 4.68. The highest BCUT2D eigenvalue weighted by Gasteiger charge is 2.38. The summed E-state index contributed by atoms with van der Waals surface area (Å²) in [6, 6.07) is 9.03. The van der Waals surface area contributed by atoms with Crippen molar-refractivity contribution >= 4 is 52.2 Å². The van der Waals surface area contributed by atoms with Gasteiger partial charge in [0.1, 0.15) is 17.2 Å². The molecule has 0 saturated carbocycles. The average molecular weight is 675 g/mol. The van der Waals surface area contributed by atoms with Gasteiger partial charge in [-0.1, -0.05) is 6.07 Å². The van der Waals surface area contributed by atoms with E-state index >= 15 is 0 Å². The molecule has 1 aromatic carbocycles. The zero-order chi connectivity index (χ0) is 33.5. The number of aromatic nitrogens is 3. The van der Waals surface area contributed by atoms with Gasteiger partial charge < -0.3 is 24.8 Å². The van der Waals surface area contributed by atoms with Crippen LogP contribution in [0.3, 0.4) is 0 Å². The summed E-state index contributed by atoms with van der Waals surface area (Å²) in [4.78, 5) is 20.7. The first-order chi connectivity index (χ1) is 20.2. The van der Waals surface area contributed by atoms with Crippen LogP contribution in [0, 0.1) is 0 Å². The summed E-state index contributed by atoms with van der Waals surface area (Å²) in [5, 5.41) is 12.8. The minimum absolute atomic E-state index is 0.0583. The average Bonchev–Trinajstić information content (AvgIpc) is 2.94. The highest BCUT2D eigenvalue weighted by molar-refractivity contribution is 7.92. The number of nitrogens with one attached hydrogen (secondary N) is 2. The lowest BCUT2D eigenvalue weighted by Crippen LogP contribution is -2.27. The molecule has 0 atom stereocenters. The molecule has 21 heteroatoms. The Hall–Kier alpha value is -4.00. The van der Waals surface area contributed by atoms with E-state index in [9.17, 15) is 39.3 Å². The molecule has 0 saturated heterocycles. The van der Waals surface area contributed by atoms with Crippen LogP contribution >= 0.6 is 7.60 Å². The Balaban J connectivity index is 0.000000860. The van der Waals surface area contributed by atoms with Crippen LogP contribution in [0.2, 0.25) is 0 Å². The summed E-state index contributed by atoms with van der Waals surface area (Å²) in [6.07, 6.45) is -6.86. The number of alkyl halides is 6. The van der Waals surface area contributed by atoms with Crippen LogP contribution in [0.25, 0.3) is 0 Å². The molecule has 0 bridgehead atoms. The lowest BCUT2D eigenvalue weighted by Gasteiger charge is -2.20. The number of anilines is 4. The zero-order valence-electron chi connectivity index (χ0n) is 23.1. The number of sulfonamides is 1. The minimum Gasteiger partial charge on any atom is -0.475 e. The van der Waals surface area contributed by atoms with Crippen molar-refractivity contribution < 1.29 is 58.3 Å². The number of hydrogen-bond acceptors (Lipinski definition) is 11. The second-order valence-corrected chi connectivity index (χ2v) is 12.6. The number of carbonyl (C=O) groups is 1. The van der Waals surface area contributed by atoms with Crippen LogP contribution in [-0.2, 0) is 41.2 Å².